The van der Waals surface area contributed by atoms with Crippen molar-refractivity contribution in [3.63, 3.8) is 0 Å². The summed E-state index contributed by atoms with van der Waals surface area (Å²) in [5, 5.41) is 6.62. The number of aryl methyl sites for hydroxylation is 1. The van der Waals surface area contributed by atoms with Gasteiger partial charge in [0, 0.05) is 32.6 Å². The zero-order valence-electron chi connectivity index (χ0n) is 17.5. The Bertz CT molecular complexity index is 1140. The number of benzene rings is 2. The van der Waals surface area contributed by atoms with Crippen LogP contribution in [0.25, 0.3) is 11.0 Å². The Morgan fingerprint density at radius 2 is 1.90 bits per heavy atom. The summed E-state index contributed by atoms with van der Waals surface area (Å²) in [4.78, 5) is 15.5. The second kappa shape index (κ2) is 9.09. The molecule has 0 aliphatic carbocycles. The maximum absolute atomic E-state index is 4.53. The maximum Gasteiger partial charge on any atom is 0.194 e. The number of imidazole rings is 1. The molecule has 0 atom stereocenters. The molecule has 1 N–H and O–H groups in total. The molecule has 0 aliphatic heterocycles. The van der Waals surface area contributed by atoms with Crippen molar-refractivity contribution in [3.8, 4) is 0 Å². The molecule has 7 heteroatoms. The van der Waals surface area contributed by atoms with E-state index in [9.17, 15) is 0 Å². The lowest BCUT2D eigenvalue weighted by Crippen LogP contribution is -2.38. The first-order valence-corrected chi connectivity index (χ1v) is 10.8. The zero-order chi connectivity index (χ0) is 20.9. The lowest BCUT2D eigenvalue weighted by atomic mass is 10.1. The van der Waals surface area contributed by atoms with E-state index in [1.165, 1.54) is 11.1 Å². The molecule has 0 spiro atoms. The van der Waals surface area contributed by atoms with Crippen LogP contribution in [0.2, 0.25) is 0 Å². The normalized spacial score (nSPS) is 11.8. The van der Waals surface area contributed by atoms with Gasteiger partial charge in [0.05, 0.1) is 34.6 Å². The minimum absolute atomic E-state index is 0.724. The Kier molecular flexibility index (Phi) is 6.09. The van der Waals surface area contributed by atoms with E-state index < -0.39 is 0 Å². The van der Waals surface area contributed by atoms with Crippen LogP contribution in [0.5, 0.6) is 0 Å². The van der Waals surface area contributed by atoms with Gasteiger partial charge in [0.1, 0.15) is 0 Å². The summed E-state index contributed by atoms with van der Waals surface area (Å²) in [6.07, 6.45) is 1.91. The number of rotatable bonds is 6. The number of aromatic nitrogens is 3. The number of para-hydroxylation sites is 2. The summed E-state index contributed by atoms with van der Waals surface area (Å²) in [5.74, 6) is 0.856. The summed E-state index contributed by atoms with van der Waals surface area (Å²) >= 11 is 1.68. The Balaban J connectivity index is 1.34. The highest BCUT2D eigenvalue weighted by Crippen LogP contribution is 2.15. The summed E-state index contributed by atoms with van der Waals surface area (Å²) < 4.78 is 2.18. The fourth-order valence-corrected chi connectivity index (χ4v) is 4.06. The van der Waals surface area contributed by atoms with Gasteiger partial charge in [-0.25, -0.2) is 9.97 Å². The highest BCUT2D eigenvalue weighted by Gasteiger charge is 2.09. The van der Waals surface area contributed by atoms with Crippen LogP contribution < -0.4 is 5.32 Å². The number of fused-ring (bicyclic) bond motifs is 1. The molecule has 6 nitrogen and oxygen atoms in total. The topological polar surface area (TPSA) is 58.3 Å². The molecular formula is C23H26N6S. The molecule has 30 heavy (non-hydrogen) atoms. The Hall–Kier alpha value is -3.19. The minimum Gasteiger partial charge on any atom is -0.352 e. The molecule has 2 aromatic carbocycles. The van der Waals surface area contributed by atoms with Crippen LogP contribution in [0.3, 0.4) is 0 Å². The second-order valence-electron chi connectivity index (χ2n) is 7.29. The largest absolute Gasteiger partial charge is 0.352 e. The first-order valence-electron chi connectivity index (χ1n) is 9.93. The number of thiazole rings is 1. The fourth-order valence-electron chi connectivity index (χ4n) is 3.46. The number of hydrogen-bond acceptors (Lipinski definition) is 4. The van der Waals surface area contributed by atoms with Crippen molar-refractivity contribution in [2.45, 2.75) is 26.6 Å². The summed E-state index contributed by atoms with van der Waals surface area (Å²) in [6, 6.07) is 16.9. The van der Waals surface area contributed by atoms with Crippen molar-refractivity contribution in [3.05, 3.63) is 82.1 Å². The molecule has 0 saturated heterocycles. The lowest BCUT2D eigenvalue weighted by molar-refractivity contribution is 0.470. The van der Waals surface area contributed by atoms with E-state index in [1.54, 1.807) is 11.3 Å². The van der Waals surface area contributed by atoms with Crippen molar-refractivity contribution in [2.24, 2.45) is 4.99 Å². The van der Waals surface area contributed by atoms with Gasteiger partial charge in [-0.05, 0) is 30.2 Å². The highest BCUT2D eigenvalue weighted by molar-refractivity contribution is 7.09. The average Bonchev–Trinajstić information content (AvgIpc) is 3.36. The Morgan fingerprint density at radius 1 is 1.13 bits per heavy atom. The quantitative estimate of drug-likeness (QED) is 0.379. The molecule has 0 aliphatic rings. The number of nitrogens with one attached hydrogen (secondary N) is 1. The van der Waals surface area contributed by atoms with E-state index in [-0.39, 0.29) is 0 Å². The van der Waals surface area contributed by atoms with E-state index in [4.69, 9.17) is 0 Å². The number of hydrogen-bond donors (Lipinski definition) is 1. The molecule has 0 fully saturated rings. The highest BCUT2D eigenvalue weighted by atomic mass is 32.1. The van der Waals surface area contributed by atoms with Crippen LogP contribution in [0.1, 0.15) is 21.8 Å². The molecule has 0 amide bonds. The standard InChI is InChI=1S/C23H26N6S/c1-17-27-20(15-30-17)14-28(3)23(24-2)25-12-18-8-10-19(11-9-18)13-29-16-26-21-6-4-5-7-22(21)29/h4-11,15-16H,12-14H2,1-3H3,(H,24,25). The third kappa shape index (κ3) is 4.68. The zero-order valence-corrected chi connectivity index (χ0v) is 18.4. The molecule has 2 aromatic heterocycles. The van der Waals surface area contributed by atoms with E-state index in [0.29, 0.717) is 0 Å². The van der Waals surface area contributed by atoms with E-state index >= 15 is 0 Å². The summed E-state index contributed by atoms with van der Waals surface area (Å²) in [5.41, 5.74) is 5.72. The van der Waals surface area contributed by atoms with Gasteiger partial charge in [0.25, 0.3) is 0 Å². The second-order valence-corrected chi connectivity index (χ2v) is 8.35. The molecule has 0 radical (unpaired) electrons. The predicted molar refractivity (Wildman–Crippen MR) is 124 cm³/mol. The van der Waals surface area contributed by atoms with Crippen molar-refractivity contribution in [1.82, 2.24) is 24.8 Å². The minimum atomic E-state index is 0.724. The van der Waals surface area contributed by atoms with Gasteiger partial charge in [0.2, 0.25) is 0 Å². The SMILES string of the molecule is CN=C(NCc1ccc(Cn2cnc3ccccc32)cc1)N(C)Cc1csc(C)n1. The number of guanidine groups is 1. The van der Waals surface area contributed by atoms with E-state index in [2.05, 4.69) is 71.5 Å². The molecule has 4 aromatic rings. The van der Waals surface area contributed by atoms with Gasteiger partial charge in [-0.2, -0.15) is 0 Å². The van der Waals surface area contributed by atoms with Crippen molar-refractivity contribution < 1.29 is 0 Å². The van der Waals surface area contributed by atoms with Crippen molar-refractivity contribution >= 4 is 28.3 Å². The first-order chi connectivity index (χ1) is 14.6. The predicted octanol–water partition coefficient (Wildman–Crippen LogP) is 4.06. The number of nitrogens with zero attached hydrogens (tertiary/aromatic N) is 5. The van der Waals surface area contributed by atoms with Crippen LogP contribution in [0, 0.1) is 6.92 Å². The van der Waals surface area contributed by atoms with Crippen molar-refractivity contribution in [1.29, 1.82) is 0 Å². The van der Waals surface area contributed by atoms with Crippen LogP contribution >= 0.6 is 11.3 Å². The molecule has 2 heterocycles. The van der Waals surface area contributed by atoms with Crippen LogP contribution in [-0.4, -0.2) is 39.5 Å². The van der Waals surface area contributed by atoms with E-state index in [1.807, 2.05) is 39.5 Å². The van der Waals surface area contributed by atoms with E-state index in [0.717, 1.165) is 47.3 Å². The lowest BCUT2D eigenvalue weighted by Gasteiger charge is -2.21. The van der Waals surface area contributed by atoms with Crippen LogP contribution in [0.15, 0.2) is 65.2 Å². The summed E-state index contributed by atoms with van der Waals surface area (Å²) in [6.45, 7) is 4.30. The Labute approximate surface area is 180 Å². The third-order valence-electron chi connectivity index (χ3n) is 4.99. The molecule has 0 saturated carbocycles. The molecule has 154 valence electrons. The smallest absolute Gasteiger partial charge is 0.194 e. The molecule has 4 rings (SSSR count). The van der Waals surface area contributed by atoms with Gasteiger partial charge in [-0.15, -0.1) is 11.3 Å². The Morgan fingerprint density at radius 3 is 2.63 bits per heavy atom. The van der Waals surface area contributed by atoms with Crippen LogP contribution in [0.4, 0.5) is 0 Å². The maximum atomic E-state index is 4.53. The third-order valence-corrected chi connectivity index (χ3v) is 5.82. The fraction of sp³-hybridized carbons (Fsp3) is 0.261. The number of aliphatic imine (C=N–C) groups is 1. The van der Waals surface area contributed by atoms with Gasteiger partial charge in [0.15, 0.2) is 5.96 Å². The van der Waals surface area contributed by atoms with Gasteiger partial charge >= 0.3 is 0 Å². The molecule has 0 unspecified atom stereocenters. The monoisotopic (exact) mass is 418 g/mol. The van der Waals surface area contributed by atoms with Gasteiger partial charge in [-0.3, -0.25) is 4.99 Å². The molecular weight excluding hydrogens is 392 g/mol. The first kappa shape index (κ1) is 20.1. The van der Waals surface area contributed by atoms with Crippen LogP contribution in [-0.2, 0) is 19.6 Å². The van der Waals surface area contributed by atoms with Gasteiger partial charge in [-0.1, -0.05) is 36.4 Å². The average molecular weight is 419 g/mol. The summed E-state index contributed by atoms with van der Waals surface area (Å²) in [7, 11) is 3.84. The van der Waals surface area contributed by atoms with Crippen molar-refractivity contribution in [2.75, 3.05) is 14.1 Å². The molecule has 0 bridgehead atoms. The van der Waals surface area contributed by atoms with Gasteiger partial charge < -0.3 is 14.8 Å².